The molecular weight excluding hydrogens is 242 g/mol. The second kappa shape index (κ2) is 6.20. The minimum absolute atomic E-state index is 0.143. The minimum atomic E-state index is -1.36. The van der Waals surface area contributed by atoms with Crippen LogP contribution < -0.4 is 10.6 Å². The van der Waals surface area contributed by atoms with Crippen molar-refractivity contribution in [1.29, 1.82) is 0 Å². The highest BCUT2D eigenvalue weighted by atomic mass is 16.4. The molecule has 8 nitrogen and oxygen atoms in total. The zero-order chi connectivity index (χ0) is 13.7. The topological polar surface area (TPSA) is 119 Å². The molecule has 1 heterocycles. The summed E-state index contributed by atoms with van der Waals surface area (Å²) in [4.78, 5) is 35.0. The van der Waals surface area contributed by atoms with Crippen molar-refractivity contribution in [2.24, 2.45) is 0 Å². The van der Waals surface area contributed by atoms with E-state index in [0.29, 0.717) is 13.1 Å². The van der Waals surface area contributed by atoms with Gasteiger partial charge in [-0.25, -0.2) is 9.59 Å². The smallest absolute Gasteiger partial charge is 0.328 e. The number of amides is 3. The maximum atomic E-state index is 11.8. The van der Waals surface area contributed by atoms with Crippen LogP contribution in [0.3, 0.4) is 0 Å². The van der Waals surface area contributed by atoms with Crippen molar-refractivity contribution in [2.45, 2.75) is 25.5 Å². The Bertz CT molecular complexity index is 344. The summed E-state index contributed by atoms with van der Waals surface area (Å²) in [6, 6.07) is -1.95. The predicted molar refractivity (Wildman–Crippen MR) is 60.8 cm³/mol. The molecule has 0 saturated carbocycles. The van der Waals surface area contributed by atoms with Gasteiger partial charge in [0.15, 0.2) is 6.04 Å². The van der Waals surface area contributed by atoms with Crippen LogP contribution in [0.2, 0.25) is 0 Å². The van der Waals surface area contributed by atoms with E-state index in [-0.39, 0.29) is 18.9 Å². The molecule has 0 unspecified atom stereocenters. The van der Waals surface area contributed by atoms with Crippen molar-refractivity contribution in [3.63, 3.8) is 0 Å². The third kappa shape index (κ3) is 3.88. The molecular formula is C10H17N3O5. The Morgan fingerprint density at radius 1 is 1.44 bits per heavy atom. The molecule has 18 heavy (non-hydrogen) atoms. The van der Waals surface area contributed by atoms with Gasteiger partial charge in [-0.2, -0.15) is 0 Å². The van der Waals surface area contributed by atoms with Crippen molar-refractivity contribution in [1.82, 2.24) is 15.5 Å². The van der Waals surface area contributed by atoms with Gasteiger partial charge in [0, 0.05) is 26.1 Å². The van der Waals surface area contributed by atoms with Gasteiger partial charge in [0.25, 0.3) is 0 Å². The standard InChI is InChI=1S/C10H17N3O5/c1-6(14)8(9(16)17)12-10(18)13-4-2-7(15)11-3-5-13/h6,8,14H,2-5H2,1H3,(H,11,15)(H,12,18)(H,16,17)/t6-,8+/m1/s1. The first kappa shape index (κ1) is 14.2. The number of aliphatic hydroxyl groups excluding tert-OH is 1. The number of carboxylic acids is 1. The van der Waals surface area contributed by atoms with Crippen molar-refractivity contribution in [3.05, 3.63) is 0 Å². The predicted octanol–water partition coefficient (Wildman–Crippen LogP) is -1.65. The molecule has 3 amide bonds. The average molecular weight is 259 g/mol. The highest BCUT2D eigenvalue weighted by Crippen LogP contribution is 2.00. The number of hydrogen-bond donors (Lipinski definition) is 4. The number of nitrogens with zero attached hydrogens (tertiary/aromatic N) is 1. The lowest BCUT2D eigenvalue weighted by molar-refractivity contribution is -0.141. The van der Waals surface area contributed by atoms with E-state index < -0.39 is 24.1 Å². The van der Waals surface area contributed by atoms with Crippen LogP contribution in [-0.4, -0.2) is 64.8 Å². The highest BCUT2D eigenvalue weighted by Gasteiger charge is 2.27. The maximum absolute atomic E-state index is 11.8. The Morgan fingerprint density at radius 2 is 2.11 bits per heavy atom. The number of carboxylic acid groups (broad SMARTS) is 1. The third-order valence-corrected chi connectivity index (χ3v) is 2.63. The molecule has 8 heteroatoms. The normalized spacial score (nSPS) is 19.4. The molecule has 1 fully saturated rings. The molecule has 0 aromatic rings. The van der Waals surface area contributed by atoms with Crippen LogP contribution >= 0.6 is 0 Å². The number of urea groups is 1. The van der Waals surface area contributed by atoms with Gasteiger partial charge in [0.2, 0.25) is 5.91 Å². The average Bonchev–Trinajstić information content (AvgIpc) is 2.49. The van der Waals surface area contributed by atoms with Crippen LogP contribution in [0.25, 0.3) is 0 Å². The molecule has 1 aliphatic heterocycles. The second-order valence-corrected chi connectivity index (χ2v) is 4.09. The lowest BCUT2D eigenvalue weighted by Crippen LogP contribution is -2.52. The summed E-state index contributed by atoms with van der Waals surface area (Å²) in [6.07, 6.45) is -1.02. The summed E-state index contributed by atoms with van der Waals surface area (Å²) in [5, 5.41) is 22.9. The largest absolute Gasteiger partial charge is 0.480 e. The van der Waals surface area contributed by atoms with E-state index in [2.05, 4.69) is 10.6 Å². The molecule has 0 bridgehead atoms. The molecule has 0 aromatic heterocycles. The summed E-state index contributed by atoms with van der Waals surface area (Å²) in [6.45, 7) is 2.15. The fourth-order valence-electron chi connectivity index (χ4n) is 1.58. The molecule has 1 rings (SSSR count). The monoisotopic (exact) mass is 259 g/mol. The van der Waals surface area contributed by atoms with Crippen molar-refractivity contribution < 1.29 is 24.6 Å². The Balaban J connectivity index is 2.58. The van der Waals surface area contributed by atoms with E-state index in [1.165, 1.54) is 11.8 Å². The summed E-state index contributed by atoms with van der Waals surface area (Å²) >= 11 is 0. The molecule has 4 N–H and O–H groups in total. The Morgan fingerprint density at radius 3 is 2.67 bits per heavy atom. The fraction of sp³-hybridized carbons (Fsp3) is 0.700. The number of aliphatic hydroxyl groups is 1. The van der Waals surface area contributed by atoms with E-state index in [1.54, 1.807) is 0 Å². The fourth-order valence-corrected chi connectivity index (χ4v) is 1.58. The van der Waals surface area contributed by atoms with Crippen LogP contribution in [0.1, 0.15) is 13.3 Å². The van der Waals surface area contributed by atoms with E-state index in [0.717, 1.165) is 0 Å². The van der Waals surface area contributed by atoms with Gasteiger partial charge < -0.3 is 25.7 Å². The molecule has 0 spiro atoms. The zero-order valence-electron chi connectivity index (χ0n) is 10.0. The molecule has 1 saturated heterocycles. The number of rotatable bonds is 3. The third-order valence-electron chi connectivity index (χ3n) is 2.63. The maximum Gasteiger partial charge on any atom is 0.328 e. The van der Waals surface area contributed by atoms with E-state index in [1.807, 2.05) is 0 Å². The molecule has 0 aromatic carbocycles. The highest BCUT2D eigenvalue weighted by molar-refractivity contribution is 5.84. The first-order valence-corrected chi connectivity index (χ1v) is 5.65. The summed E-state index contributed by atoms with van der Waals surface area (Å²) in [5.74, 6) is -1.45. The van der Waals surface area contributed by atoms with Gasteiger partial charge in [0.05, 0.1) is 6.10 Å². The van der Waals surface area contributed by atoms with Crippen LogP contribution in [0, 0.1) is 0 Å². The second-order valence-electron chi connectivity index (χ2n) is 4.09. The van der Waals surface area contributed by atoms with E-state index in [9.17, 15) is 19.5 Å². The Kier molecular flexibility index (Phi) is 4.90. The van der Waals surface area contributed by atoms with Gasteiger partial charge in [-0.05, 0) is 6.92 Å². The lowest BCUT2D eigenvalue weighted by atomic mass is 10.2. The van der Waals surface area contributed by atoms with E-state index in [4.69, 9.17) is 5.11 Å². The van der Waals surface area contributed by atoms with E-state index >= 15 is 0 Å². The van der Waals surface area contributed by atoms with Gasteiger partial charge in [-0.15, -0.1) is 0 Å². The van der Waals surface area contributed by atoms with Crippen LogP contribution in [0.5, 0.6) is 0 Å². The van der Waals surface area contributed by atoms with Crippen LogP contribution in [0.15, 0.2) is 0 Å². The summed E-state index contributed by atoms with van der Waals surface area (Å²) < 4.78 is 0. The molecule has 0 radical (unpaired) electrons. The first-order valence-electron chi connectivity index (χ1n) is 5.65. The first-order chi connectivity index (χ1) is 8.41. The quantitative estimate of drug-likeness (QED) is 0.484. The van der Waals surface area contributed by atoms with Crippen LogP contribution in [-0.2, 0) is 9.59 Å². The summed E-state index contributed by atoms with van der Waals surface area (Å²) in [7, 11) is 0. The van der Waals surface area contributed by atoms with Crippen LogP contribution in [0.4, 0.5) is 4.79 Å². The number of nitrogens with one attached hydrogen (secondary N) is 2. The minimum Gasteiger partial charge on any atom is -0.480 e. The number of carbonyl (C=O) groups is 3. The van der Waals surface area contributed by atoms with Gasteiger partial charge >= 0.3 is 12.0 Å². The van der Waals surface area contributed by atoms with Gasteiger partial charge in [0.1, 0.15) is 0 Å². The Labute approximate surface area is 104 Å². The zero-order valence-corrected chi connectivity index (χ0v) is 10.0. The SMILES string of the molecule is C[C@@H](O)[C@H](NC(=O)N1CCNC(=O)CC1)C(=O)O. The number of hydrogen-bond acceptors (Lipinski definition) is 4. The van der Waals surface area contributed by atoms with Crippen molar-refractivity contribution in [3.8, 4) is 0 Å². The van der Waals surface area contributed by atoms with Gasteiger partial charge in [-0.3, -0.25) is 4.79 Å². The Hall–Kier alpha value is -1.83. The van der Waals surface area contributed by atoms with Crippen molar-refractivity contribution in [2.75, 3.05) is 19.6 Å². The number of aliphatic carboxylic acids is 1. The summed E-state index contributed by atoms with van der Waals surface area (Å²) in [5.41, 5.74) is 0. The molecule has 0 aliphatic carbocycles. The number of carbonyl (C=O) groups excluding carboxylic acids is 2. The molecule has 102 valence electrons. The lowest BCUT2D eigenvalue weighted by Gasteiger charge is -2.24. The van der Waals surface area contributed by atoms with Crippen molar-refractivity contribution >= 4 is 17.9 Å². The molecule has 1 aliphatic rings. The molecule has 2 atom stereocenters. The van der Waals surface area contributed by atoms with Gasteiger partial charge in [-0.1, -0.05) is 0 Å².